The third-order valence-electron chi connectivity index (χ3n) is 3.46. The number of nitrogens with zero attached hydrogens (tertiary/aromatic N) is 3. The second kappa shape index (κ2) is 4.65. The van der Waals surface area contributed by atoms with Gasteiger partial charge in [-0.1, -0.05) is 24.4 Å². The molecule has 1 N–H and O–H groups in total. The summed E-state index contributed by atoms with van der Waals surface area (Å²) in [5.41, 5.74) is 1.28. The molecule has 5 heteroatoms. The highest BCUT2D eigenvalue weighted by Crippen LogP contribution is 2.32. The highest BCUT2D eigenvalue weighted by molar-refractivity contribution is 5.54. The van der Waals surface area contributed by atoms with E-state index >= 15 is 0 Å². The van der Waals surface area contributed by atoms with E-state index in [0.29, 0.717) is 17.5 Å². The van der Waals surface area contributed by atoms with E-state index in [4.69, 9.17) is 9.78 Å². The third kappa shape index (κ3) is 2.02. The Morgan fingerprint density at radius 3 is 2.89 bits per heavy atom. The zero-order chi connectivity index (χ0) is 12.4. The fourth-order valence-electron chi connectivity index (χ4n) is 2.46. The number of hydrogen-bond donors (Lipinski definition) is 1. The van der Waals surface area contributed by atoms with E-state index in [0.717, 1.165) is 24.2 Å². The van der Waals surface area contributed by atoms with Crippen LogP contribution in [0.3, 0.4) is 0 Å². The highest BCUT2D eigenvalue weighted by Gasteiger charge is 2.21. The molecule has 0 unspecified atom stereocenters. The van der Waals surface area contributed by atoms with E-state index in [-0.39, 0.29) is 0 Å². The lowest BCUT2D eigenvalue weighted by atomic mass is 9.89. The van der Waals surface area contributed by atoms with Crippen LogP contribution in [0.4, 0.5) is 0 Å². The maximum absolute atomic E-state index is 8.76. The summed E-state index contributed by atoms with van der Waals surface area (Å²) in [4.78, 5) is 7.30. The van der Waals surface area contributed by atoms with Gasteiger partial charge in [-0.05, 0) is 18.9 Å². The summed E-state index contributed by atoms with van der Waals surface area (Å²) >= 11 is 0. The van der Waals surface area contributed by atoms with Crippen LogP contribution in [0.15, 0.2) is 16.8 Å². The van der Waals surface area contributed by atoms with Gasteiger partial charge in [0.15, 0.2) is 5.82 Å². The number of H-pyrrole nitrogens is 1. The molecule has 1 aliphatic rings. The van der Waals surface area contributed by atoms with Gasteiger partial charge in [-0.2, -0.15) is 10.2 Å². The number of rotatable bonds is 2. The largest absolute Gasteiger partial charge is 0.352 e. The molecule has 5 nitrogen and oxygen atoms in total. The molecule has 0 aliphatic heterocycles. The van der Waals surface area contributed by atoms with Gasteiger partial charge in [0.1, 0.15) is 11.8 Å². The molecule has 0 aromatic carbocycles. The summed E-state index contributed by atoms with van der Waals surface area (Å²) in [5.74, 6) is 1.74. The Labute approximate surface area is 105 Å². The van der Waals surface area contributed by atoms with Crippen LogP contribution in [0.25, 0.3) is 11.5 Å². The Kier molecular flexibility index (Phi) is 2.85. The molecule has 1 saturated carbocycles. The van der Waals surface area contributed by atoms with Crippen molar-refractivity contribution >= 4 is 0 Å². The van der Waals surface area contributed by atoms with Gasteiger partial charge in [0.25, 0.3) is 5.89 Å². The highest BCUT2D eigenvalue weighted by atomic mass is 16.5. The summed E-state index contributed by atoms with van der Waals surface area (Å²) in [6, 6.07) is 3.76. The standard InChI is InChI=1S/C13H14N4O/c14-7-11-6-10(8-15-11)13-16-12(17-18-13)9-4-2-1-3-5-9/h6,8-9,15H,1-5H2. The molecule has 2 aromatic heterocycles. The van der Waals surface area contributed by atoms with Gasteiger partial charge in [0, 0.05) is 12.1 Å². The molecular weight excluding hydrogens is 228 g/mol. The van der Waals surface area contributed by atoms with E-state index in [1.165, 1.54) is 19.3 Å². The molecule has 1 aliphatic carbocycles. The summed E-state index contributed by atoms with van der Waals surface area (Å²) in [6.45, 7) is 0. The summed E-state index contributed by atoms with van der Waals surface area (Å²) in [7, 11) is 0. The first-order valence-corrected chi connectivity index (χ1v) is 6.29. The van der Waals surface area contributed by atoms with Crippen molar-refractivity contribution in [1.82, 2.24) is 15.1 Å². The number of aromatic amines is 1. The third-order valence-corrected chi connectivity index (χ3v) is 3.46. The average molecular weight is 242 g/mol. The second-order valence-corrected chi connectivity index (χ2v) is 4.71. The number of nitriles is 1. The minimum atomic E-state index is 0.436. The maximum atomic E-state index is 8.76. The van der Waals surface area contributed by atoms with Crippen LogP contribution >= 0.6 is 0 Å². The normalized spacial score (nSPS) is 16.6. The van der Waals surface area contributed by atoms with Crippen LogP contribution < -0.4 is 0 Å². The van der Waals surface area contributed by atoms with Gasteiger partial charge in [0.05, 0.1) is 5.56 Å². The van der Waals surface area contributed by atoms with Crippen LogP contribution in [-0.4, -0.2) is 15.1 Å². The lowest BCUT2D eigenvalue weighted by molar-refractivity contribution is 0.385. The molecule has 0 amide bonds. The molecule has 3 rings (SSSR count). The van der Waals surface area contributed by atoms with E-state index in [2.05, 4.69) is 15.1 Å². The van der Waals surface area contributed by atoms with Gasteiger partial charge in [-0.3, -0.25) is 0 Å². The van der Waals surface area contributed by atoms with Crippen molar-refractivity contribution in [3.8, 4) is 17.5 Å². The predicted octanol–water partition coefficient (Wildman–Crippen LogP) is 2.98. The van der Waals surface area contributed by atoms with Crippen molar-refractivity contribution in [3.05, 3.63) is 23.8 Å². The first-order chi connectivity index (χ1) is 8.86. The van der Waals surface area contributed by atoms with Crippen molar-refractivity contribution in [3.63, 3.8) is 0 Å². The van der Waals surface area contributed by atoms with Crippen LogP contribution in [0.5, 0.6) is 0 Å². The Hall–Kier alpha value is -2.09. The fourth-order valence-corrected chi connectivity index (χ4v) is 2.46. The van der Waals surface area contributed by atoms with E-state index in [1.54, 1.807) is 12.3 Å². The van der Waals surface area contributed by atoms with Gasteiger partial charge in [-0.15, -0.1) is 0 Å². The lowest BCUT2D eigenvalue weighted by Crippen LogP contribution is -2.05. The predicted molar refractivity (Wildman–Crippen MR) is 64.6 cm³/mol. The van der Waals surface area contributed by atoms with E-state index in [9.17, 15) is 0 Å². The van der Waals surface area contributed by atoms with E-state index in [1.807, 2.05) is 6.07 Å². The molecule has 0 radical (unpaired) electrons. The molecule has 2 aromatic rings. The summed E-state index contributed by atoms with van der Waals surface area (Å²) in [5, 5.41) is 12.8. The van der Waals surface area contributed by atoms with Crippen LogP contribution in [0, 0.1) is 11.3 Å². The van der Waals surface area contributed by atoms with Crippen LogP contribution in [0.1, 0.15) is 49.5 Å². The molecule has 0 atom stereocenters. The molecule has 2 heterocycles. The number of nitrogens with one attached hydrogen (secondary N) is 1. The molecule has 1 fully saturated rings. The maximum Gasteiger partial charge on any atom is 0.259 e. The lowest BCUT2D eigenvalue weighted by Gasteiger charge is -2.17. The van der Waals surface area contributed by atoms with E-state index < -0.39 is 0 Å². The van der Waals surface area contributed by atoms with Gasteiger partial charge in [-0.25, -0.2) is 0 Å². The first-order valence-electron chi connectivity index (χ1n) is 6.29. The minimum absolute atomic E-state index is 0.436. The molecule has 92 valence electrons. The molecule has 18 heavy (non-hydrogen) atoms. The average Bonchev–Trinajstić information content (AvgIpc) is 3.08. The Morgan fingerprint density at radius 2 is 2.17 bits per heavy atom. The van der Waals surface area contributed by atoms with Gasteiger partial charge >= 0.3 is 0 Å². The van der Waals surface area contributed by atoms with Crippen LogP contribution in [-0.2, 0) is 0 Å². The van der Waals surface area contributed by atoms with Gasteiger partial charge in [0.2, 0.25) is 0 Å². The van der Waals surface area contributed by atoms with Crippen molar-refractivity contribution in [2.45, 2.75) is 38.0 Å². The van der Waals surface area contributed by atoms with Crippen molar-refractivity contribution < 1.29 is 4.52 Å². The topological polar surface area (TPSA) is 78.5 Å². The zero-order valence-electron chi connectivity index (χ0n) is 10.0. The Morgan fingerprint density at radius 1 is 1.33 bits per heavy atom. The SMILES string of the molecule is N#Cc1cc(-c2nc(C3CCCCC3)no2)c[nH]1. The quantitative estimate of drug-likeness (QED) is 0.878. The van der Waals surface area contributed by atoms with Crippen molar-refractivity contribution in [1.29, 1.82) is 5.26 Å². The Balaban J connectivity index is 1.82. The zero-order valence-corrected chi connectivity index (χ0v) is 10.0. The summed E-state index contributed by atoms with van der Waals surface area (Å²) < 4.78 is 5.27. The Bertz CT molecular complexity index is 572. The number of hydrogen-bond acceptors (Lipinski definition) is 4. The molecular formula is C13H14N4O. The molecule has 0 bridgehead atoms. The fraction of sp³-hybridized carbons (Fsp3) is 0.462. The summed E-state index contributed by atoms with van der Waals surface area (Å²) in [6.07, 6.45) is 7.82. The van der Waals surface area contributed by atoms with Crippen LogP contribution in [0.2, 0.25) is 0 Å². The minimum Gasteiger partial charge on any atom is -0.352 e. The first kappa shape index (κ1) is 11.0. The smallest absolute Gasteiger partial charge is 0.259 e. The van der Waals surface area contributed by atoms with Crippen molar-refractivity contribution in [2.75, 3.05) is 0 Å². The number of aromatic nitrogens is 3. The monoisotopic (exact) mass is 242 g/mol. The molecule has 0 spiro atoms. The van der Waals surface area contributed by atoms with Gasteiger partial charge < -0.3 is 9.51 Å². The van der Waals surface area contributed by atoms with Crippen molar-refractivity contribution in [2.24, 2.45) is 0 Å². The molecule has 0 saturated heterocycles. The second-order valence-electron chi connectivity index (χ2n) is 4.71.